The predicted octanol–water partition coefficient (Wildman–Crippen LogP) is 12.6. The molecule has 1 aromatic heterocycles. The summed E-state index contributed by atoms with van der Waals surface area (Å²) in [4.78, 5) is 0. The second-order valence-corrected chi connectivity index (χ2v) is 11.6. The average molecular weight is 573 g/mol. The van der Waals surface area contributed by atoms with Crippen molar-refractivity contribution in [2.45, 2.75) is 0 Å². The molecule has 0 bridgehead atoms. The Morgan fingerprint density at radius 3 is 1.40 bits per heavy atom. The Balaban J connectivity index is 1.29. The Morgan fingerprint density at radius 2 is 0.778 bits per heavy atom. The van der Waals surface area contributed by atoms with Crippen LogP contribution in [0.25, 0.3) is 88.0 Å². The summed E-state index contributed by atoms with van der Waals surface area (Å²) in [6, 6.07) is 60.9. The Labute approximate surface area is 261 Å². The van der Waals surface area contributed by atoms with Gasteiger partial charge < -0.3 is 4.42 Å². The second-order valence-electron chi connectivity index (χ2n) is 11.6. The van der Waals surface area contributed by atoms with Crippen molar-refractivity contribution >= 4 is 43.5 Å². The van der Waals surface area contributed by atoms with Gasteiger partial charge in [0.15, 0.2) is 0 Å². The van der Waals surface area contributed by atoms with E-state index in [1.807, 2.05) is 0 Å². The number of rotatable bonds is 4. The van der Waals surface area contributed by atoms with Crippen LogP contribution >= 0.6 is 0 Å². The molecule has 8 aromatic carbocycles. The smallest absolute Gasteiger partial charge is 0.136 e. The largest absolute Gasteiger partial charge is 0.456 e. The molecule has 0 aliphatic rings. The Hall–Kier alpha value is -5.92. The van der Waals surface area contributed by atoms with Crippen molar-refractivity contribution in [3.8, 4) is 44.5 Å². The second kappa shape index (κ2) is 10.4. The molecule has 0 amide bonds. The number of hydrogen-bond acceptors (Lipinski definition) is 1. The van der Waals surface area contributed by atoms with Crippen molar-refractivity contribution in [3.05, 3.63) is 170 Å². The van der Waals surface area contributed by atoms with Crippen LogP contribution in [0.15, 0.2) is 174 Å². The molecule has 0 unspecified atom stereocenters. The third kappa shape index (κ3) is 4.17. The zero-order valence-electron chi connectivity index (χ0n) is 24.6. The van der Waals surface area contributed by atoms with E-state index in [-0.39, 0.29) is 0 Å². The normalized spacial score (nSPS) is 11.6. The highest BCUT2D eigenvalue weighted by Crippen LogP contribution is 2.47. The Morgan fingerprint density at radius 1 is 0.289 bits per heavy atom. The van der Waals surface area contributed by atoms with E-state index in [1.54, 1.807) is 0 Å². The van der Waals surface area contributed by atoms with Gasteiger partial charge in [0, 0.05) is 10.8 Å². The molecule has 0 aliphatic heterocycles. The third-order valence-electron chi connectivity index (χ3n) is 9.08. The first kappa shape index (κ1) is 25.6. The molecule has 0 aliphatic carbocycles. The van der Waals surface area contributed by atoms with Crippen LogP contribution in [-0.4, -0.2) is 0 Å². The molecular weight excluding hydrogens is 544 g/mol. The number of hydrogen-bond donors (Lipinski definition) is 0. The first-order chi connectivity index (χ1) is 22.3. The van der Waals surface area contributed by atoms with Crippen LogP contribution in [0.1, 0.15) is 0 Å². The van der Waals surface area contributed by atoms with Gasteiger partial charge in [-0.1, -0.05) is 152 Å². The van der Waals surface area contributed by atoms with Crippen LogP contribution in [0.4, 0.5) is 0 Å². The van der Waals surface area contributed by atoms with E-state index in [4.69, 9.17) is 4.42 Å². The molecule has 45 heavy (non-hydrogen) atoms. The Bertz CT molecular complexity index is 2450. The van der Waals surface area contributed by atoms with Gasteiger partial charge in [-0.15, -0.1) is 0 Å². The van der Waals surface area contributed by atoms with E-state index in [9.17, 15) is 0 Å². The summed E-state index contributed by atoms with van der Waals surface area (Å²) in [6.45, 7) is 0. The lowest BCUT2D eigenvalue weighted by molar-refractivity contribution is 0.669. The van der Waals surface area contributed by atoms with E-state index >= 15 is 0 Å². The lowest BCUT2D eigenvalue weighted by Gasteiger charge is -2.18. The van der Waals surface area contributed by atoms with E-state index in [2.05, 4.69) is 170 Å². The van der Waals surface area contributed by atoms with Gasteiger partial charge in [0.2, 0.25) is 0 Å². The quantitative estimate of drug-likeness (QED) is 0.191. The zero-order valence-corrected chi connectivity index (χ0v) is 24.6. The van der Waals surface area contributed by atoms with Gasteiger partial charge in [-0.2, -0.15) is 0 Å². The van der Waals surface area contributed by atoms with Crippen LogP contribution in [-0.2, 0) is 0 Å². The van der Waals surface area contributed by atoms with Crippen molar-refractivity contribution in [1.29, 1.82) is 0 Å². The first-order valence-corrected chi connectivity index (χ1v) is 15.4. The SMILES string of the molecule is c1ccc(-c2ccc(-c3ccc4oc5cccc(-c6c7ccccc7c(-c7ccccc7)c7ccccc67)c5c4c3)cc2)cc1. The molecule has 1 heteroatoms. The predicted molar refractivity (Wildman–Crippen MR) is 190 cm³/mol. The van der Waals surface area contributed by atoms with Gasteiger partial charge in [-0.3, -0.25) is 0 Å². The van der Waals surface area contributed by atoms with E-state index in [0.29, 0.717) is 0 Å². The summed E-state index contributed by atoms with van der Waals surface area (Å²) in [7, 11) is 0. The molecule has 0 fully saturated rings. The van der Waals surface area contributed by atoms with Crippen molar-refractivity contribution in [1.82, 2.24) is 0 Å². The maximum atomic E-state index is 6.50. The van der Waals surface area contributed by atoms with E-state index in [1.165, 1.54) is 66.1 Å². The lowest BCUT2D eigenvalue weighted by atomic mass is 9.85. The highest BCUT2D eigenvalue weighted by molar-refractivity contribution is 6.25. The number of benzene rings is 8. The number of furan rings is 1. The van der Waals surface area contributed by atoms with E-state index in [0.717, 1.165) is 21.9 Å². The highest BCUT2D eigenvalue weighted by atomic mass is 16.3. The van der Waals surface area contributed by atoms with Crippen LogP contribution in [0.3, 0.4) is 0 Å². The molecule has 0 saturated carbocycles. The molecule has 1 nitrogen and oxygen atoms in total. The molecule has 210 valence electrons. The van der Waals surface area contributed by atoms with Gasteiger partial charge in [0.05, 0.1) is 0 Å². The highest BCUT2D eigenvalue weighted by Gasteiger charge is 2.20. The van der Waals surface area contributed by atoms with Crippen LogP contribution in [0.2, 0.25) is 0 Å². The van der Waals surface area contributed by atoms with Crippen molar-refractivity contribution < 1.29 is 4.42 Å². The molecule has 1 heterocycles. The van der Waals surface area contributed by atoms with Crippen molar-refractivity contribution in [2.24, 2.45) is 0 Å². The van der Waals surface area contributed by atoms with Crippen molar-refractivity contribution in [3.63, 3.8) is 0 Å². The van der Waals surface area contributed by atoms with Crippen LogP contribution in [0, 0.1) is 0 Å². The standard InChI is InChI=1S/C44H28O/c1-3-12-29(13-4-1)30-22-24-31(25-23-30)33-26-27-40-39(28-33)44-38(20-11-21-41(44)45-40)43-36-18-9-7-16-34(36)42(32-14-5-2-6-15-32)35-17-8-10-19-37(35)43/h1-28H. The van der Waals surface area contributed by atoms with Gasteiger partial charge in [-0.05, 0) is 84.3 Å². The molecule has 0 N–H and O–H groups in total. The molecule has 0 saturated heterocycles. The van der Waals surface area contributed by atoms with Gasteiger partial charge >= 0.3 is 0 Å². The monoisotopic (exact) mass is 572 g/mol. The zero-order chi connectivity index (χ0) is 29.7. The summed E-state index contributed by atoms with van der Waals surface area (Å²) in [5.41, 5.74) is 11.5. The third-order valence-corrected chi connectivity index (χ3v) is 9.08. The molecule has 9 rings (SSSR count). The van der Waals surface area contributed by atoms with E-state index < -0.39 is 0 Å². The fraction of sp³-hybridized carbons (Fsp3) is 0. The molecular formula is C44H28O. The minimum absolute atomic E-state index is 0.900. The van der Waals surface area contributed by atoms with Gasteiger partial charge in [0.1, 0.15) is 11.2 Å². The fourth-order valence-corrected chi connectivity index (χ4v) is 7.03. The summed E-state index contributed by atoms with van der Waals surface area (Å²) < 4.78 is 6.50. The van der Waals surface area contributed by atoms with Gasteiger partial charge in [-0.25, -0.2) is 0 Å². The maximum absolute atomic E-state index is 6.50. The summed E-state index contributed by atoms with van der Waals surface area (Å²) in [5, 5.41) is 7.26. The summed E-state index contributed by atoms with van der Waals surface area (Å²) in [6.07, 6.45) is 0. The number of fused-ring (bicyclic) bond motifs is 5. The Kier molecular flexibility index (Phi) is 5.89. The lowest BCUT2D eigenvalue weighted by Crippen LogP contribution is -1.91. The summed E-state index contributed by atoms with van der Waals surface area (Å²) >= 11 is 0. The topological polar surface area (TPSA) is 13.1 Å². The first-order valence-electron chi connectivity index (χ1n) is 15.4. The molecule has 9 aromatic rings. The fourth-order valence-electron chi connectivity index (χ4n) is 7.03. The minimum Gasteiger partial charge on any atom is -0.456 e. The maximum Gasteiger partial charge on any atom is 0.136 e. The molecule has 0 atom stereocenters. The summed E-state index contributed by atoms with van der Waals surface area (Å²) in [5.74, 6) is 0. The molecule has 0 spiro atoms. The van der Waals surface area contributed by atoms with Crippen LogP contribution < -0.4 is 0 Å². The molecule has 0 radical (unpaired) electrons. The minimum atomic E-state index is 0.900. The van der Waals surface area contributed by atoms with Crippen LogP contribution in [0.5, 0.6) is 0 Å². The van der Waals surface area contributed by atoms with Crippen molar-refractivity contribution in [2.75, 3.05) is 0 Å². The average Bonchev–Trinajstić information content (AvgIpc) is 3.50. The van der Waals surface area contributed by atoms with Gasteiger partial charge in [0.25, 0.3) is 0 Å².